The topological polar surface area (TPSA) is 61.9 Å². The van der Waals surface area contributed by atoms with Crippen molar-refractivity contribution in [3.63, 3.8) is 0 Å². The molecule has 1 aromatic carbocycles. The molecule has 0 bridgehead atoms. The van der Waals surface area contributed by atoms with Crippen molar-refractivity contribution >= 4 is 11.8 Å². The summed E-state index contributed by atoms with van der Waals surface area (Å²) in [6.07, 6.45) is 2.28. The Morgan fingerprint density at radius 1 is 1.24 bits per heavy atom. The summed E-state index contributed by atoms with van der Waals surface area (Å²) in [4.78, 5) is 28.8. The van der Waals surface area contributed by atoms with Crippen molar-refractivity contribution in [3.05, 3.63) is 29.8 Å². The fourth-order valence-corrected chi connectivity index (χ4v) is 3.52. The number of hydrogen-bond acceptors (Lipinski definition) is 4. The van der Waals surface area contributed by atoms with Gasteiger partial charge in [0, 0.05) is 25.6 Å². The van der Waals surface area contributed by atoms with Crippen LogP contribution in [0, 0.1) is 5.92 Å². The van der Waals surface area contributed by atoms with Crippen LogP contribution in [0.3, 0.4) is 0 Å². The van der Waals surface area contributed by atoms with Crippen LogP contribution in [0.25, 0.3) is 0 Å². The summed E-state index contributed by atoms with van der Waals surface area (Å²) in [5.41, 5.74) is 1.05. The van der Waals surface area contributed by atoms with Crippen molar-refractivity contribution in [3.8, 4) is 5.75 Å². The van der Waals surface area contributed by atoms with Gasteiger partial charge in [-0.2, -0.15) is 0 Å². The Labute approximate surface area is 149 Å². The zero-order chi connectivity index (χ0) is 17.8. The van der Waals surface area contributed by atoms with Gasteiger partial charge in [0.15, 0.2) is 0 Å². The number of rotatable bonds is 5. The highest BCUT2D eigenvalue weighted by Crippen LogP contribution is 2.22. The number of hydrogen-bond donors (Lipinski definition) is 1. The van der Waals surface area contributed by atoms with E-state index < -0.39 is 0 Å². The molecule has 2 amide bonds. The minimum atomic E-state index is -0.231. The van der Waals surface area contributed by atoms with Gasteiger partial charge in [-0.05, 0) is 50.7 Å². The highest BCUT2D eigenvalue weighted by molar-refractivity contribution is 5.89. The largest absolute Gasteiger partial charge is 0.497 e. The number of nitrogens with one attached hydrogen (secondary N) is 1. The second-order valence-corrected chi connectivity index (χ2v) is 7.11. The molecule has 136 valence electrons. The van der Waals surface area contributed by atoms with Gasteiger partial charge in [-0.25, -0.2) is 0 Å². The summed E-state index contributed by atoms with van der Waals surface area (Å²) in [5.74, 6) is 0.650. The molecule has 2 heterocycles. The summed E-state index contributed by atoms with van der Waals surface area (Å²) in [5, 5.41) is 3.14. The first-order chi connectivity index (χ1) is 12.0. The predicted octanol–water partition coefficient (Wildman–Crippen LogP) is 1.25. The molecule has 0 saturated carbocycles. The number of nitrogens with zero attached hydrogens (tertiary/aromatic N) is 2. The van der Waals surface area contributed by atoms with Gasteiger partial charge in [-0.1, -0.05) is 12.1 Å². The van der Waals surface area contributed by atoms with Crippen LogP contribution >= 0.6 is 0 Å². The number of carbonyl (C=O) groups is 2. The number of amides is 2. The molecule has 2 fully saturated rings. The number of methoxy groups -OCH3 is 1. The average molecular weight is 345 g/mol. The van der Waals surface area contributed by atoms with Crippen molar-refractivity contribution in [2.45, 2.75) is 31.8 Å². The second kappa shape index (κ2) is 7.87. The minimum absolute atomic E-state index is 0.0279. The quantitative estimate of drug-likeness (QED) is 0.873. The van der Waals surface area contributed by atoms with E-state index in [1.807, 2.05) is 24.3 Å². The third-order valence-electron chi connectivity index (χ3n) is 5.18. The Bertz CT molecular complexity index is 609. The highest BCUT2D eigenvalue weighted by Gasteiger charge is 2.35. The van der Waals surface area contributed by atoms with Crippen LogP contribution < -0.4 is 10.1 Å². The number of carbonyl (C=O) groups excluding carboxylic acids is 2. The van der Waals surface area contributed by atoms with Gasteiger partial charge in [0.1, 0.15) is 5.75 Å². The summed E-state index contributed by atoms with van der Waals surface area (Å²) in [7, 11) is 3.73. The lowest BCUT2D eigenvalue weighted by atomic mass is 10.0. The maximum Gasteiger partial charge on any atom is 0.225 e. The van der Waals surface area contributed by atoms with E-state index in [2.05, 4.69) is 17.3 Å². The average Bonchev–Trinajstić information content (AvgIpc) is 2.98. The van der Waals surface area contributed by atoms with Crippen molar-refractivity contribution in [2.24, 2.45) is 5.92 Å². The maximum absolute atomic E-state index is 12.5. The molecule has 1 atom stereocenters. The Morgan fingerprint density at radius 3 is 2.56 bits per heavy atom. The minimum Gasteiger partial charge on any atom is -0.497 e. The van der Waals surface area contributed by atoms with Crippen LogP contribution in [-0.2, 0) is 16.1 Å². The van der Waals surface area contributed by atoms with Gasteiger partial charge in [-0.15, -0.1) is 0 Å². The van der Waals surface area contributed by atoms with Crippen molar-refractivity contribution < 1.29 is 14.3 Å². The van der Waals surface area contributed by atoms with Crippen LogP contribution in [0.4, 0.5) is 0 Å². The number of ether oxygens (including phenoxy) is 1. The van der Waals surface area contributed by atoms with Crippen molar-refractivity contribution in [1.82, 2.24) is 15.1 Å². The molecule has 3 rings (SSSR count). The molecule has 2 saturated heterocycles. The van der Waals surface area contributed by atoms with Crippen LogP contribution in [-0.4, -0.2) is 61.4 Å². The molecule has 1 N–H and O–H groups in total. The molecule has 0 aliphatic carbocycles. The normalized spacial score (nSPS) is 22.2. The van der Waals surface area contributed by atoms with Gasteiger partial charge in [0.2, 0.25) is 11.8 Å². The van der Waals surface area contributed by atoms with Gasteiger partial charge >= 0.3 is 0 Å². The molecule has 1 aromatic rings. The highest BCUT2D eigenvalue weighted by atomic mass is 16.5. The molecule has 6 heteroatoms. The van der Waals surface area contributed by atoms with E-state index in [9.17, 15) is 9.59 Å². The molecule has 0 unspecified atom stereocenters. The van der Waals surface area contributed by atoms with Crippen molar-refractivity contribution in [1.29, 1.82) is 0 Å². The van der Waals surface area contributed by atoms with Crippen LogP contribution in [0.2, 0.25) is 0 Å². The maximum atomic E-state index is 12.5. The monoisotopic (exact) mass is 345 g/mol. The standard InChI is InChI=1S/C19H27N3O3/c1-21-9-7-16(8-10-21)20-19(24)15-11-18(23)22(13-15)12-14-3-5-17(25-2)6-4-14/h3-6,15-16H,7-13H2,1-2H3,(H,20,24)/t15-/m0/s1. The molecular formula is C19H27N3O3. The zero-order valence-electron chi connectivity index (χ0n) is 15.0. The lowest BCUT2D eigenvalue weighted by Gasteiger charge is -2.30. The van der Waals surface area contributed by atoms with Crippen LogP contribution in [0.5, 0.6) is 5.75 Å². The van der Waals surface area contributed by atoms with E-state index in [1.165, 1.54) is 0 Å². The van der Waals surface area contributed by atoms with E-state index in [0.29, 0.717) is 19.5 Å². The van der Waals surface area contributed by atoms with Crippen LogP contribution in [0.1, 0.15) is 24.8 Å². The molecule has 6 nitrogen and oxygen atoms in total. The van der Waals surface area contributed by atoms with E-state index in [-0.39, 0.29) is 23.8 Å². The molecule has 0 radical (unpaired) electrons. The SMILES string of the molecule is COc1ccc(CN2C[C@@H](C(=O)NC3CCN(C)CC3)CC2=O)cc1. The molecule has 0 spiro atoms. The van der Waals surface area contributed by atoms with Gasteiger partial charge in [-0.3, -0.25) is 9.59 Å². The number of benzene rings is 1. The second-order valence-electron chi connectivity index (χ2n) is 7.11. The first-order valence-corrected chi connectivity index (χ1v) is 8.95. The summed E-state index contributed by atoms with van der Waals surface area (Å²) < 4.78 is 5.15. The lowest BCUT2D eigenvalue weighted by molar-refractivity contribution is -0.129. The van der Waals surface area contributed by atoms with E-state index in [1.54, 1.807) is 12.0 Å². The van der Waals surface area contributed by atoms with Gasteiger partial charge in [0.25, 0.3) is 0 Å². The summed E-state index contributed by atoms with van der Waals surface area (Å²) in [6.45, 7) is 3.07. The van der Waals surface area contributed by atoms with Gasteiger partial charge < -0.3 is 19.9 Å². The third-order valence-corrected chi connectivity index (χ3v) is 5.18. The summed E-state index contributed by atoms with van der Waals surface area (Å²) in [6, 6.07) is 7.94. The van der Waals surface area contributed by atoms with Gasteiger partial charge in [0.05, 0.1) is 13.0 Å². The molecular weight excluding hydrogens is 318 g/mol. The Kier molecular flexibility index (Phi) is 5.58. The first-order valence-electron chi connectivity index (χ1n) is 8.95. The van der Waals surface area contributed by atoms with Crippen LogP contribution in [0.15, 0.2) is 24.3 Å². The third kappa shape index (κ3) is 4.51. The number of likely N-dealkylation sites (tertiary alicyclic amines) is 2. The molecule has 2 aliphatic heterocycles. The summed E-state index contributed by atoms with van der Waals surface area (Å²) >= 11 is 0. The fraction of sp³-hybridized carbons (Fsp3) is 0.579. The Balaban J connectivity index is 1.51. The predicted molar refractivity (Wildman–Crippen MR) is 95.2 cm³/mol. The molecule has 25 heavy (non-hydrogen) atoms. The molecule has 0 aromatic heterocycles. The Morgan fingerprint density at radius 2 is 1.92 bits per heavy atom. The van der Waals surface area contributed by atoms with E-state index >= 15 is 0 Å². The zero-order valence-corrected chi connectivity index (χ0v) is 15.0. The number of piperidine rings is 1. The first kappa shape index (κ1) is 17.7. The molecule has 2 aliphatic rings. The smallest absolute Gasteiger partial charge is 0.225 e. The Hall–Kier alpha value is -2.08. The fourth-order valence-electron chi connectivity index (χ4n) is 3.52. The van der Waals surface area contributed by atoms with E-state index in [4.69, 9.17) is 4.74 Å². The van der Waals surface area contributed by atoms with E-state index in [0.717, 1.165) is 37.2 Å². The lowest BCUT2D eigenvalue weighted by Crippen LogP contribution is -2.45. The van der Waals surface area contributed by atoms with Crippen molar-refractivity contribution in [2.75, 3.05) is 33.8 Å².